The van der Waals surface area contributed by atoms with Gasteiger partial charge in [-0.1, -0.05) is 6.07 Å². The highest BCUT2D eigenvalue weighted by Crippen LogP contribution is 2.31. The Morgan fingerprint density at radius 1 is 1.10 bits per heavy atom. The van der Waals surface area contributed by atoms with E-state index in [9.17, 15) is 27.0 Å². The maximum absolute atomic E-state index is 13.2. The van der Waals surface area contributed by atoms with Gasteiger partial charge in [-0.2, -0.15) is 18.4 Å². The normalized spacial score (nSPS) is 12.3. The van der Waals surface area contributed by atoms with Crippen molar-refractivity contribution in [1.82, 2.24) is 4.57 Å². The van der Waals surface area contributed by atoms with Crippen molar-refractivity contribution in [3.63, 3.8) is 0 Å². The quantitative estimate of drug-likeness (QED) is 0.559. The van der Waals surface area contributed by atoms with E-state index in [4.69, 9.17) is 5.26 Å². The van der Waals surface area contributed by atoms with Crippen LogP contribution >= 0.6 is 0 Å². The highest BCUT2D eigenvalue weighted by molar-refractivity contribution is 7.85. The number of benzene rings is 2. The predicted octanol–water partition coefficient (Wildman–Crippen LogP) is 4.41. The molecule has 1 heterocycles. The van der Waals surface area contributed by atoms with Crippen molar-refractivity contribution in [2.24, 2.45) is 0 Å². The molecule has 0 N–H and O–H groups in total. The molecule has 31 heavy (non-hydrogen) atoms. The lowest BCUT2D eigenvalue weighted by atomic mass is 10.1. The van der Waals surface area contributed by atoms with Crippen molar-refractivity contribution in [3.05, 3.63) is 87.3 Å². The molecule has 1 atom stereocenters. The van der Waals surface area contributed by atoms with E-state index in [1.807, 2.05) is 6.07 Å². The number of pyridine rings is 1. The third-order valence-corrected chi connectivity index (χ3v) is 6.12. The summed E-state index contributed by atoms with van der Waals surface area (Å²) in [6, 6.07) is 13.2. The smallest absolute Gasteiger partial charge is 0.294 e. The maximum Gasteiger partial charge on any atom is 0.416 e. The van der Waals surface area contributed by atoms with Crippen molar-refractivity contribution in [3.8, 4) is 11.8 Å². The summed E-state index contributed by atoms with van der Waals surface area (Å²) < 4.78 is 53.7. The molecule has 0 spiro atoms. The molecule has 158 valence electrons. The number of nitrogens with zero attached hydrogens (tertiary/aromatic N) is 2. The summed E-state index contributed by atoms with van der Waals surface area (Å²) in [5.41, 5.74) is -1.66. The van der Waals surface area contributed by atoms with Crippen molar-refractivity contribution >= 4 is 16.6 Å². The number of Topliss-reactive ketones (excluding diaryl/α,β-unsaturated/α-hetero) is 1. The van der Waals surface area contributed by atoms with Gasteiger partial charge in [-0.15, -0.1) is 0 Å². The van der Waals surface area contributed by atoms with Crippen LogP contribution in [0.3, 0.4) is 0 Å². The van der Waals surface area contributed by atoms with Crippen LogP contribution in [-0.2, 0) is 17.0 Å². The molecule has 2 aromatic carbocycles. The summed E-state index contributed by atoms with van der Waals surface area (Å²) >= 11 is 0. The van der Waals surface area contributed by atoms with E-state index in [-0.39, 0.29) is 21.8 Å². The number of nitriles is 1. The molecule has 0 aliphatic carbocycles. The summed E-state index contributed by atoms with van der Waals surface area (Å²) in [5.74, 6) is -0.608. The zero-order valence-electron chi connectivity index (χ0n) is 16.4. The van der Waals surface area contributed by atoms with Crippen LogP contribution in [0.15, 0.2) is 69.2 Å². The van der Waals surface area contributed by atoms with Crippen LogP contribution in [0.4, 0.5) is 13.2 Å². The number of halogens is 3. The lowest BCUT2D eigenvalue weighted by Crippen LogP contribution is -2.28. The van der Waals surface area contributed by atoms with Gasteiger partial charge in [-0.25, -0.2) is 4.21 Å². The van der Waals surface area contributed by atoms with Gasteiger partial charge in [0.25, 0.3) is 5.56 Å². The third-order valence-electron chi connectivity index (χ3n) is 4.61. The zero-order valence-corrected chi connectivity index (χ0v) is 17.2. The first kappa shape index (κ1) is 22.2. The first-order valence-electron chi connectivity index (χ1n) is 8.91. The van der Waals surface area contributed by atoms with E-state index in [0.717, 1.165) is 29.7 Å². The lowest BCUT2D eigenvalue weighted by Gasteiger charge is -2.17. The number of hydrogen-bond donors (Lipinski definition) is 0. The van der Waals surface area contributed by atoms with Crippen LogP contribution in [-0.4, -0.2) is 14.6 Å². The summed E-state index contributed by atoms with van der Waals surface area (Å²) in [5, 5.41) is 8.92. The zero-order chi connectivity index (χ0) is 22.9. The Kier molecular flexibility index (Phi) is 5.95. The minimum absolute atomic E-state index is 0.0986. The predicted molar refractivity (Wildman–Crippen MR) is 108 cm³/mol. The number of alkyl halides is 3. The van der Waals surface area contributed by atoms with Crippen LogP contribution in [0.2, 0.25) is 0 Å². The van der Waals surface area contributed by atoms with Gasteiger partial charge in [0.1, 0.15) is 0 Å². The SMILES string of the molecule is CC(=O)c1cc(S(=O)c2ccc(C#N)cc2)c(C)n(-c2cccc(C(F)(F)F)c2)c1=O. The van der Waals surface area contributed by atoms with Gasteiger partial charge in [-0.05, 0) is 62.4 Å². The van der Waals surface area contributed by atoms with Gasteiger partial charge < -0.3 is 0 Å². The first-order valence-corrected chi connectivity index (χ1v) is 10.1. The van der Waals surface area contributed by atoms with Gasteiger partial charge in [0, 0.05) is 16.3 Å². The van der Waals surface area contributed by atoms with E-state index in [1.165, 1.54) is 43.3 Å². The molecule has 0 amide bonds. The Bertz CT molecular complexity index is 1300. The van der Waals surface area contributed by atoms with E-state index in [2.05, 4.69) is 0 Å². The van der Waals surface area contributed by atoms with Gasteiger partial charge in [-0.3, -0.25) is 14.2 Å². The van der Waals surface area contributed by atoms with E-state index in [1.54, 1.807) is 0 Å². The van der Waals surface area contributed by atoms with Crippen LogP contribution < -0.4 is 5.56 Å². The molecule has 0 radical (unpaired) electrons. The third kappa shape index (κ3) is 4.34. The van der Waals surface area contributed by atoms with Crippen LogP contribution in [0, 0.1) is 18.3 Å². The van der Waals surface area contributed by atoms with Gasteiger partial charge in [0.15, 0.2) is 5.78 Å². The summed E-state index contributed by atoms with van der Waals surface area (Å²) in [6.07, 6.45) is -4.63. The van der Waals surface area contributed by atoms with E-state index in [0.29, 0.717) is 10.5 Å². The van der Waals surface area contributed by atoms with E-state index >= 15 is 0 Å². The molecule has 0 saturated carbocycles. The van der Waals surface area contributed by atoms with Crippen molar-refractivity contribution < 1.29 is 22.2 Å². The van der Waals surface area contributed by atoms with Crippen LogP contribution in [0.5, 0.6) is 0 Å². The summed E-state index contributed by atoms with van der Waals surface area (Å²) in [4.78, 5) is 25.4. The molecular formula is C22H15F3N2O3S. The molecule has 0 saturated heterocycles. The fraction of sp³-hybridized carbons (Fsp3) is 0.136. The lowest BCUT2D eigenvalue weighted by molar-refractivity contribution is -0.137. The monoisotopic (exact) mass is 444 g/mol. The fourth-order valence-electron chi connectivity index (χ4n) is 3.03. The Hall–Kier alpha value is -3.51. The molecule has 1 unspecified atom stereocenters. The molecule has 3 aromatic rings. The molecule has 9 heteroatoms. The molecule has 3 rings (SSSR count). The summed E-state index contributed by atoms with van der Waals surface area (Å²) in [6.45, 7) is 2.60. The number of hydrogen-bond acceptors (Lipinski definition) is 4. The van der Waals surface area contributed by atoms with Crippen LogP contribution in [0.25, 0.3) is 5.69 Å². The average molecular weight is 444 g/mol. The second kappa shape index (κ2) is 8.32. The van der Waals surface area contributed by atoms with Crippen molar-refractivity contribution in [1.29, 1.82) is 5.26 Å². The second-order valence-electron chi connectivity index (χ2n) is 6.66. The number of aromatic nitrogens is 1. The van der Waals surface area contributed by atoms with Gasteiger partial charge in [0.2, 0.25) is 0 Å². The first-order chi connectivity index (χ1) is 14.5. The van der Waals surface area contributed by atoms with E-state index < -0.39 is 33.9 Å². The molecule has 5 nitrogen and oxygen atoms in total. The Morgan fingerprint density at radius 3 is 2.29 bits per heavy atom. The Balaban J connectivity index is 2.27. The fourth-order valence-corrected chi connectivity index (χ4v) is 4.25. The highest BCUT2D eigenvalue weighted by atomic mass is 32.2. The molecule has 0 aliphatic rings. The number of rotatable bonds is 4. The Morgan fingerprint density at radius 2 is 1.74 bits per heavy atom. The minimum atomic E-state index is -4.63. The minimum Gasteiger partial charge on any atom is -0.294 e. The number of ketones is 1. The molecule has 1 aromatic heterocycles. The standard InChI is InChI=1S/C22H15F3N2O3S/c1-13-20(31(30)18-8-6-15(12-26)7-9-18)11-19(14(2)28)21(29)27(13)17-5-3-4-16(10-17)22(23,24)25/h3-11H,1-2H3. The average Bonchev–Trinajstić information content (AvgIpc) is 2.73. The van der Waals surface area contributed by atoms with Gasteiger partial charge in [0.05, 0.1) is 38.5 Å². The topological polar surface area (TPSA) is 79.9 Å². The summed E-state index contributed by atoms with van der Waals surface area (Å²) in [7, 11) is -1.85. The number of carbonyl (C=O) groups is 1. The highest BCUT2D eigenvalue weighted by Gasteiger charge is 2.31. The molecular weight excluding hydrogens is 429 g/mol. The number of carbonyl (C=O) groups excluding carboxylic acids is 1. The second-order valence-corrected chi connectivity index (χ2v) is 8.11. The largest absolute Gasteiger partial charge is 0.416 e. The Labute approximate surface area is 177 Å². The molecule has 0 fully saturated rings. The maximum atomic E-state index is 13.2. The van der Waals surface area contributed by atoms with Crippen molar-refractivity contribution in [2.45, 2.75) is 29.8 Å². The van der Waals surface area contributed by atoms with Crippen LogP contribution in [0.1, 0.15) is 34.1 Å². The molecule has 0 bridgehead atoms. The van der Waals surface area contributed by atoms with Gasteiger partial charge >= 0.3 is 6.18 Å². The molecule has 0 aliphatic heterocycles. The van der Waals surface area contributed by atoms with Crippen molar-refractivity contribution in [2.75, 3.05) is 0 Å².